The summed E-state index contributed by atoms with van der Waals surface area (Å²) in [6, 6.07) is 1.53. The highest BCUT2D eigenvalue weighted by molar-refractivity contribution is 7.16. The van der Waals surface area contributed by atoms with Gasteiger partial charge >= 0.3 is 6.18 Å². The second-order valence-electron chi connectivity index (χ2n) is 4.68. The average molecular weight is 324 g/mol. The Bertz CT molecular complexity index is 597. The van der Waals surface area contributed by atoms with Crippen molar-refractivity contribution in [2.75, 3.05) is 6.54 Å². The van der Waals surface area contributed by atoms with E-state index in [-0.39, 0.29) is 17.7 Å². The summed E-state index contributed by atoms with van der Waals surface area (Å²) in [6.07, 6.45) is -4.25. The minimum absolute atomic E-state index is 0.0186. The van der Waals surface area contributed by atoms with E-state index in [0.717, 1.165) is 5.39 Å². The third kappa shape index (κ3) is 3.80. The van der Waals surface area contributed by atoms with Crippen LogP contribution in [0.1, 0.15) is 19.7 Å². The normalized spacial score (nSPS) is 12.8. The van der Waals surface area contributed by atoms with Gasteiger partial charge in [-0.25, -0.2) is 9.97 Å². The molecule has 2 heterocycles. The molecule has 2 aromatic rings. The first-order chi connectivity index (χ1) is 9.26. The number of rotatable bonds is 4. The molecular weight excluding hydrogens is 311 g/mol. The van der Waals surface area contributed by atoms with Crippen LogP contribution in [-0.4, -0.2) is 33.6 Å². The summed E-state index contributed by atoms with van der Waals surface area (Å²) in [5.74, 6) is 0.308. The van der Waals surface area contributed by atoms with Crippen LogP contribution in [0.3, 0.4) is 0 Å². The van der Waals surface area contributed by atoms with E-state index in [2.05, 4.69) is 9.97 Å². The summed E-state index contributed by atoms with van der Waals surface area (Å²) in [4.78, 5) is 10.3. The van der Waals surface area contributed by atoms with E-state index in [1.54, 1.807) is 19.9 Å². The van der Waals surface area contributed by atoms with E-state index in [0.29, 0.717) is 10.7 Å². The van der Waals surface area contributed by atoms with Crippen molar-refractivity contribution < 1.29 is 13.2 Å². The van der Waals surface area contributed by atoms with Gasteiger partial charge in [0.25, 0.3) is 0 Å². The zero-order valence-corrected chi connectivity index (χ0v) is 12.5. The summed E-state index contributed by atoms with van der Waals surface area (Å²) in [6.45, 7) is 2.44. The van der Waals surface area contributed by atoms with E-state index in [1.807, 2.05) is 5.38 Å². The van der Waals surface area contributed by atoms with Crippen molar-refractivity contribution in [1.29, 1.82) is 0 Å². The SMILES string of the molecule is CC(C)N(Cc1nc(Cl)c2ccsc2n1)CC(F)(F)F. The summed E-state index contributed by atoms with van der Waals surface area (Å²) < 4.78 is 37.6. The molecule has 0 aliphatic carbocycles. The van der Waals surface area contributed by atoms with Gasteiger partial charge in [-0.2, -0.15) is 13.2 Å². The molecule has 0 N–H and O–H groups in total. The molecule has 0 spiro atoms. The molecule has 2 rings (SSSR count). The maximum atomic E-state index is 12.5. The molecule has 0 saturated heterocycles. The van der Waals surface area contributed by atoms with Crippen LogP contribution in [0.25, 0.3) is 10.2 Å². The third-order valence-electron chi connectivity index (χ3n) is 2.78. The van der Waals surface area contributed by atoms with Crippen LogP contribution in [0.5, 0.6) is 0 Å². The standard InChI is InChI=1S/C12H13ClF3N3S/c1-7(2)19(6-12(14,15)16)5-9-17-10(13)8-3-4-20-11(8)18-9/h3-4,7H,5-6H2,1-2H3. The smallest absolute Gasteiger partial charge is 0.285 e. The first kappa shape index (κ1) is 15.5. The van der Waals surface area contributed by atoms with Crippen LogP contribution in [0, 0.1) is 0 Å². The van der Waals surface area contributed by atoms with Crippen molar-refractivity contribution >= 4 is 33.2 Å². The van der Waals surface area contributed by atoms with Gasteiger partial charge in [-0.15, -0.1) is 11.3 Å². The number of halogens is 4. The van der Waals surface area contributed by atoms with Gasteiger partial charge in [0, 0.05) is 11.4 Å². The van der Waals surface area contributed by atoms with Gasteiger partial charge in [0.2, 0.25) is 0 Å². The van der Waals surface area contributed by atoms with Gasteiger partial charge in [0.15, 0.2) is 0 Å². The highest BCUT2D eigenvalue weighted by Gasteiger charge is 2.32. The van der Waals surface area contributed by atoms with Crippen LogP contribution in [-0.2, 0) is 6.54 Å². The lowest BCUT2D eigenvalue weighted by molar-refractivity contribution is -0.151. The van der Waals surface area contributed by atoms with Gasteiger partial charge in [0.05, 0.1) is 13.1 Å². The van der Waals surface area contributed by atoms with E-state index in [1.165, 1.54) is 16.2 Å². The third-order valence-corrected chi connectivity index (χ3v) is 3.88. The molecule has 0 saturated carbocycles. The Labute approximate surface area is 123 Å². The summed E-state index contributed by atoms with van der Waals surface area (Å²) in [7, 11) is 0. The van der Waals surface area contributed by atoms with Gasteiger partial charge in [-0.3, -0.25) is 4.90 Å². The predicted molar refractivity (Wildman–Crippen MR) is 74.0 cm³/mol. The molecule has 0 atom stereocenters. The second-order valence-corrected chi connectivity index (χ2v) is 5.94. The number of hydrogen-bond donors (Lipinski definition) is 0. The van der Waals surface area contributed by atoms with Gasteiger partial charge in [0.1, 0.15) is 15.8 Å². The quantitative estimate of drug-likeness (QED) is 0.793. The van der Waals surface area contributed by atoms with Crippen molar-refractivity contribution in [3.05, 3.63) is 22.4 Å². The molecule has 0 unspecified atom stereocenters. The summed E-state index contributed by atoms with van der Waals surface area (Å²) >= 11 is 7.40. The van der Waals surface area contributed by atoms with E-state index < -0.39 is 12.7 Å². The fourth-order valence-electron chi connectivity index (χ4n) is 1.76. The van der Waals surface area contributed by atoms with Gasteiger partial charge in [-0.05, 0) is 25.3 Å². The molecular formula is C12H13ClF3N3S. The Morgan fingerprint density at radius 1 is 1.35 bits per heavy atom. The lowest BCUT2D eigenvalue weighted by Gasteiger charge is -2.26. The molecule has 0 amide bonds. The number of fused-ring (bicyclic) bond motifs is 1. The highest BCUT2D eigenvalue weighted by Crippen LogP contribution is 2.26. The first-order valence-electron chi connectivity index (χ1n) is 5.96. The first-order valence-corrected chi connectivity index (χ1v) is 7.22. The Kier molecular flexibility index (Phi) is 4.51. The van der Waals surface area contributed by atoms with Crippen LogP contribution in [0.2, 0.25) is 5.15 Å². The lowest BCUT2D eigenvalue weighted by atomic mass is 10.3. The zero-order chi connectivity index (χ0) is 14.9. The van der Waals surface area contributed by atoms with Crippen LogP contribution in [0.15, 0.2) is 11.4 Å². The molecule has 0 aliphatic heterocycles. The molecule has 2 aromatic heterocycles. The van der Waals surface area contributed by atoms with Crippen molar-refractivity contribution in [3.8, 4) is 0 Å². The second kappa shape index (κ2) is 5.83. The maximum absolute atomic E-state index is 12.5. The molecule has 0 bridgehead atoms. The van der Waals surface area contributed by atoms with Crippen LogP contribution in [0.4, 0.5) is 13.2 Å². The van der Waals surface area contributed by atoms with Gasteiger partial charge < -0.3 is 0 Å². The summed E-state index contributed by atoms with van der Waals surface area (Å²) in [5.41, 5.74) is 0. The summed E-state index contributed by atoms with van der Waals surface area (Å²) in [5, 5.41) is 2.83. The lowest BCUT2D eigenvalue weighted by Crippen LogP contribution is -2.38. The largest absolute Gasteiger partial charge is 0.401 e. The van der Waals surface area contributed by atoms with E-state index in [9.17, 15) is 13.2 Å². The molecule has 3 nitrogen and oxygen atoms in total. The van der Waals surface area contributed by atoms with Crippen molar-refractivity contribution in [2.45, 2.75) is 32.6 Å². The number of nitrogens with zero attached hydrogens (tertiary/aromatic N) is 3. The van der Waals surface area contributed by atoms with Crippen LogP contribution < -0.4 is 0 Å². The fourth-order valence-corrected chi connectivity index (χ4v) is 2.85. The predicted octanol–water partition coefficient (Wildman–Crippen LogP) is 4.12. The molecule has 0 aromatic carbocycles. The van der Waals surface area contributed by atoms with Crippen molar-refractivity contribution in [2.24, 2.45) is 0 Å². The monoisotopic (exact) mass is 323 g/mol. The minimum atomic E-state index is -4.25. The van der Waals surface area contributed by atoms with Crippen molar-refractivity contribution in [1.82, 2.24) is 14.9 Å². The molecule has 0 aliphatic rings. The maximum Gasteiger partial charge on any atom is 0.401 e. The van der Waals surface area contributed by atoms with Crippen LogP contribution >= 0.6 is 22.9 Å². The number of aromatic nitrogens is 2. The molecule has 0 fully saturated rings. The Hall–Kier alpha value is -0.920. The van der Waals surface area contributed by atoms with Gasteiger partial charge in [-0.1, -0.05) is 11.6 Å². The zero-order valence-electron chi connectivity index (χ0n) is 10.9. The molecule has 110 valence electrons. The Balaban J connectivity index is 2.24. The number of thiophene rings is 1. The highest BCUT2D eigenvalue weighted by atomic mass is 35.5. The molecule has 8 heteroatoms. The van der Waals surface area contributed by atoms with E-state index >= 15 is 0 Å². The average Bonchev–Trinajstić information content (AvgIpc) is 2.74. The molecule has 20 heavy (non-hydrogen) atoms. The number of hydrogen-bond acceptors (Lipinski definition) is 4. The van der Waals surface area contributed by atoms with Crippen molar-refractivity contribution in [3.63, 3.8) is 0 Å². The Morgan fingerprint density at radius 3 is 2.65 bits per heavy atom. The van der Waals surface area contributed by atoms with E-state index in [4.69, 9.17) is 11.6 Å². The minimum Gasteiger partial charge on any atom is -0.285 e. The topological polar surface area (TPSA) is 29.0 Å². The Morgan fingerprint density at radius 2 is 2.05 bits per heavy atom. The molecule has 0 radical (unpaired) electrons. The number of alkyl halides is 3. The fraction of sp³-hybridized carbons (Fsp3) is 0.500.